The molecule has 0 bridgehead atoms. The quantitative estimate of drug-likeness (QED) is 0.204. The largest absolute Gasteiger partial charge is 0.479 e. The van der Waals surface area contributed by atoms with Crippen molar-refractivity contribution in [2.75, 3.05) is 0 Å². The summed E-state index contributed by atoms with van der Waals surface area (Å²) in [7, 11) is 0. The van der Waals surface area contributed by atoms with Crippen LogP contribution in [0.25, 0.3) is 11.0 Å². The lowest BCUT2D eigenvalue weighted by Crippen LogP contribution is -2.26. The number of hydrogen-bond acceptors (Lipinski definition) is 6. The Balaban J connectivity index is 1.62. The molecule has 0 saturated carbocycles. The van der Waals surface area contributed by atoms with Crippen LogP contribution in [0.3, 0.4) is 0 Å². The molecule has 0 unspecified atom stereocenters. The molecule has 1 heterocycles. The van der Waals surface area contributed by atoms with E-state index in [0.717, 1.165) is 6.07 Å². The van der Waals surface area contributed by atoms with Gasteiger partial charge in [-0.25, -0.2) is 4.79 Å². The zero-order chi connectivity index (χ0) is 28.3. The molecule has 0 aliphatic heterocycles. The number of ether oxygens (including phenoxy) is 3. The minimum Gasteiger partial charge on any atom is -0.479 e. The van der Waals surface area contributed by atoms with Gasteiger partial charge in [-0.05, 0) is 42.7 Å². The lowest BCUT2D eigenvalue weighted by molar-refractivity contribution is -0.154. The van der Waals surface area contributed by atoms with Gasteiger partial charge in [0.05, 0.1) is 5.39 Å². The summed E-state index contributed by atoms with van der Waals surface area (Å²) in [5.74, 6) is -3.22. The molecular weight excluding hydrogens is 537 g/mol. The number of carbonyl (C=O) groups excluding carboxylic acids is 1. The van der Waals surface area contributed by atoms with Crippen molar-refractivity contribution in [2.24, 2.45) is 0 Å². The fourth-order valence-electron chi connectivity index (χ4n) is 3.80. The number of hydrogen-bond donors (Lipinski definition) is 0. The van der Waals surface area contributed by atoms with Crippen LogP contribution < -0.4 is 14.9 Å². The third-order valence-corrected chi connectivity index (χ3v) is 6.17. The normalized spacial score (nSPS) is 12.4. The summed E-state index contributed by atoms with van der Waals surface area (Å²) in [5, 5.41) is 0.279. The SMILES string of the molecule is CC(C)c1ccccc1Oc1c(C(F)(F)F)oc2cc(O[C@@H](C)C(=O)OCc3ccccc3Cl)ccc2c1=O. The van der Waals surface area contributed by atoms with E-state index in [1.165, 1.54) is 25.1 Å². The number of para-hydroxylation sites is 1. The Labute approximate surface area is 226 Å². The highest BCUT2D eigenvalue weighted by atomic mass is 35.5. The van der Waals surface area contributed by atoms with Crippen LogP contribution in [0.5, 0.6) is 17.2 Å². The van der Waals surface area contributed by atoms with Crippen LogP contribution in [0.4, 0.5) is 13.2 Å². The van der Waals surface area contributed by atoms with E-state index in [4.69, 9.17) is 30.2 Å². The van der Waals surface area contributed by atoms with Gasteiger partial charge in [0.1, 0.15) is 23.7 Å². The first-order valence-corrected chi connectivity index (χ1v) is 12.3. The molecule has 1 aromatic heterocycles. The van der Waals surface area contributed by atoms with Crippen molar-refractivity contribution in [3.63, 3.8) is 0 Å². The number of alkyl halides is 3. The maximum absolute atomic E-state index is 14.0. The monoisotopic (exact) mass is 560 g/mol. The Kier molecular flexibility index (Phi) is 8.20. The molecule has 0 radical (unpaired) electrons. The van der Waals surface area contributed by atoms with Crippen molar-refractivity contribution in [3.8, 4) is 17.2 Å². The van der Waals surface area contributed by atoms with Gasteiger partial charge in [-0.2, -0.15) is 13.2 Å². The van der Waals surface area contributed by atoms with Crippen molar-refractivity contribution in [1.29, 1.82) is 0 Å². The van der Waals surface area contributed by atoms with E-state index in [1.54, 1.807) is 42.5 Å². The van der Waals surface area contributed by atoms with E-state index < -0.39 is 35.2 Å². The van der Waals surface area contributed by atoms with Gasteiger partial charge in [0.15, 0.2) is 6.10 Å². The van der Waals surface area contributed by atoms with Crippen molar-refractivity contribution < 1.29 is 36.6 Å². The molecule has 4 aromatic rings. The van der Waals surface area contributed by atoms with Crippen molar-refractivity contribution in [3.05, 3.63) is 98.9 Å². The molecule has 3 aromatic carbocycles. The summed E-state index contributed by atoms with van der Waals surface area (Å²) in [6.07, 6.45) is -6.14. The van der Waals surface area contributed by atoms with Crippen LogP contribution >= 0.6 is 11.6 Å². The molecule has 0 aliphatic carbocycles. The first-order chi connectivity index (χ1) is 18.5. The molecule has 0 N–H and O–H groups in total. The van der Waals surface area contributed by atoms with Gasteiger partial charge in [-0.15, -0.1) is 0 Å². The molecule has 0 aliphatic rings. The maximum Gasteiger partial charge on any atom is 0.453 e. The summed E-state index contributed by atoms with van der Waals surface area (Å²) < 4.78 is 63.4. The molecule has 1 atom stereocenters. The standard InChI is InChI=1S/C29H24ClF3O6/c1-16(2)20-9-5-7-11-23(20)38-26-25(34)21-13-12-19(14-24(21)39-27(26)29(31,32)33)37-17(3)28(35)36-15-18-8-4-6-10-22(18)30/h4-14,16-17H,15H2,1-3H3/t17-/m0/s1. The summed E-state index contributed by atoms with van der Waals surface area (Å²) in [6.45, 7) is 5.03. The van der Waals surface area contributed by atoms with E-state index in [0.29, 0.717) is 16.1 Å². The van der Waals surface area contributed by atoms with E-state index >= 15 is 0 Å². The molecule has 10 heteroatoms. The Bertz CT molecular complexity index is 1560. The summed E-state index contributed by atoms with van der Waals surface area (Å²) >= 11 is 6.06. The first-order valence-electron chi connectivity index (χ1n) is 12.0. The van der Waals surface area contributed by atoms with Crippen molar-refractivity contribution in [2.45, 2.75) is 45.6 Å². The lowest BCUT2D eigenvalue weighted by atomic mass is 10.0. The minimum atomic E-state index is -5.03. The molecule has 204 valence electrons. The van der Waals surface area contributed by atoms with Gasteiger partial charge >= 0.3 is 12.1 Å². The molecule has 39 heavy (non-hydrogen) atoms. The second-order valence-corrected chi connectivity index (χ2v) is 9.41. The molecule has 0 saturated heterocycles. The van der Waals surface area contributed by atoms with Gasteiger partial charge in [-0.1, -0.05) is 61.8 Å². The van der Waals surface area contributed by atoms with Gasteiger partial charge in [0, 0.05) is 16.7 Å². The van der Waals surface area contributed by atoms with Crippen LogP contribution in [0.1, 0.15) is 43.6 Å². The Morgan fingerprint density at radius 3 is 2.38 bits per heavy atom. The maximum atomic E-state index is 14.0. The van der Waals surface area contributed by atoms with E-state index in [9.17, 15) is 22.8 Å². The fraction of sp³-hybridized carbons (Fsp3) is 0.241. The minimum absolute atomic E-state index is 0.000195. The number of fused-ring (bicyclic) bond motifs is 1. The number of benzene rings is 3. The molecule has 0 spiro atoms. The summed E-state index contributed by atoms with van der Waals surface area (Å²) in [6, 6.07) is 17.1. The number of rotatable bonds is 8. The van der Waals surface area contributed by atoms with Gasteiger partial charge in [0.25, 0.3) is 5.76 Å². The van der Waals surface area contributed by atoms with Crippen LogP contribution in [-0.2, 0) is 22.3 Å². The van der Waals surface area contributed by atoms with Gasteiger partial charge < -0.3 is 18.6 Å². The second kappa shape index (κ2) is 11.4. The predicted octanol–water partition coefficient (Wildman–Crippen LogP) is 7.89. The zero-order valence-electron chi connectivity index (χ0n) is 21.2. The average Bonchev–Trinajstić information content (AvgIpc) is 2.89. The topological polar surface area (TPSA) is 75.0 Å². The lowest BCUT2D eigenvalue weighted by Gasteiger charge is -2.17. The molecule has 0 amide bonds. The highest BCUT2D eigenvalue weighted by Crippen LogP contribution is 2.40. The molecule has 4 rings (SSSR count). The molecule has 0 fully saturated rings. The van der Waals surface area contributed by atoms with E-state index in [-0.39, 0.29) is 35.0 Å². The Morgan fingerprint density at radius 2 is 1.69 bits per heavy atom. The van der Waals surface area contributed by atoms with E-state index in [1.807, 2.05) is 13.8 Å². The van der Waals surface area contributed by atoms with Crippen molar-refractivity contribution in [1.82, 2.24) is 0 Å². The zero-order valence-corrected chi connectivity index (χ0v) is 21.9. The smallest absolute Gasteiger partial charge is 0.453 e. The van der Waals surface area contributed by atoms with Gasteiger partial charge in [-0.3, -0.25) is 4.79 Å². The average molecular weight is 561 g/mol. The Hall–Kier alpha value is -3.98. The second-order valence-electron chi connectivity index (χ2n) is 9.00. The fourth-order valence-corrected chi connectivity index (χ4v) is 3.99. The van der Waals surface area contributed by atoms with Crippen molar-refractivity contribution >= 4 is 28.5 Å². The third-order valence-electron chi connectivity index (χ3n) is 5.81. The molecular formula is C29H24ClF3O6. The van der Waals surface area contributed by atoms with E-state index in [2.05, 4.69) is 0 Å². The Morgan fingerprint density at radius 1 is 1.00 bits per heavy atom. The molecule has 6 nitrogen and oxygen atoms in total. The number of carbonyl (C=O) groups is 1. The van der Waals surface area contributed by atoms with Crippen LogP contribution in [0.2, 0.25) is 5.02 Å². The number of esters is 1. The van der Waals surface area contributed by atoms with Crippen LogP contribution in [-0.4, -0.2) is 12.1 Å². The first kappa shape index (κ1) is 28.0. The summed E-state index contributed by atoms with van der Waals surface area (Å²) in [4.78, 5) is 25.6. The third kappa shape index (κ3) is 6.37. The number of halogens is 4. The predicted molar refractivity (Wildman–Crippen MR) is 139 cm³/mol. The summed E-state index contributed by atoms with van der Waals surface area (Å²) in [5.41, 5.74) is -0.156. The van der Waals surface area contributed by atoms with Crippen LogP contribution in [0, 0.1) is 0 Å². The van der Waals surface area contributed by atoms with Gasteiger partial charge in [0.2, 0.25) is 11.2 Å². The van der Waals surface area contributed by atoms with Crippen LogP contribution in [0.15, 0.2) is 75.9 Å². The highest BCUT2D eigenvalue weighted by molar-refractivity contribution is 6.31. The highest BCUT2D eigenvalue weighted by Gasteiger charge is 2.40.